The number of para-hydroxylation sites is 1. The van der Waals surface area contributed by atoms with E-state index in [-0.39, 0.29) is 24.0 Å². The molecule has 1 aromatic heterocycles. The second-order valence-electron chi connectivity index (χ2n) is 6.43. The Kier molecular flexibility index (Phi) is 7.74. The number of aromatic nitrogens is 2. The summed E-state index contributed by atoms with van der Waals surface area (Å²) in [5.41, 5.74) is 2.06. The van der Waals surface area contributed by atoms with Gasteiger partial charge in [0, 0.05) is 25.8 Å². The van der Waals surface area contributed by atoms with Gasteiger partial charge in [-0.05, 0) is 43.9 Å². The summed E-state index contributed by atoms with van der Waals surface area (Å²) in [6, 6.07) is 12.2. The van der Waals surface area contributed by atoms with Crippen molar-refractivity contribution in [2.45, 2.75) is 33.2 Å². The summed E-state index contributed by atoms with van der Waals surface area (Å²) >= 11 is 0. The van der Waals surface area contributed by atoms with E-state index in [1.165, 1.54) is 12.8 Å². The first-order valence-corrected chi connectivity index (χ1v) is 8.89. The number of benzene rings is 1. The number of nitrogens with one attached hydrogen (secondary N) is 1. The van der Waals surface area contributed by atoms with E-state index in [9.17, 15) is 0 Å². The Morgan fingerprint density at radius 1 is 1.20 bits per heavy atom. The van der Waals surface area contributed by atoms with E-state index in [1.807, 2.05) is 35.1 Å². The molecule has 6 heteroatoms. The number of piperidine rings is 1. The van der Waals surface area contributed by atoms with Crippen LogP contribution in [0.15, 0.2) is 47.6 Å². The zero-order chi connectivity index (χ0) is 16.8. The van der Waals surface area contributed by atoms with Crippen molar-refractivity contribution in [1.82, 2.24) is 20.0 Å². The van der Waals surface area contributed by atoms with E-state index in [1.54, 1.807) is 0 Å². The second kappa shape index (κ2) is 9.79. The van der Waals surface area contributed by atoms with Gasteiger partial charge in [-0.25, -0.2) is 9.67 Å². The molecule has 0 amide bonds. The lowest BCUT2D eigenvalue weighted by molar-refractivity contribution is 0.273. The molecule has 0 bridgehead atoms. The first kappa shape index (κ1) is 19.8. The molecule has 0 aliphatic carbocycles. The number of rotatable bonds is 4. The van der Waals surface area contributed by atoms with Crippen molar-refractivity contribution in [3.8, 4) is 5.69 Å². The van der Waals surface area contributed by atoms with Crippen molar-refractivity contribution >= 4 is 29.9 Å². The van der Waals surface area contributed by atoms with Crippen LogP contribution in [0, 0.1) is 5.92 Å². The Morgan fingerprint density at radius 3 is 2.60 bits per heavy atom. The number of halogens is 1. The summed E-state index contributed by atoms with van der Waals surface area (Å²) in [5.74, 6) is 1.84. The molecule has 0 saturated carbocycles. The summed E-state index contributed by atoms with van der Waals surface area (Å²) in [7, 11) is 0. The highest BCUT2D eigenvalue weighted by Gasteiger charge is 2.18. The fourth-order valence-electron chi connectivity index (χ4n) is 2.97. The molecule has 1 aromatic carbocycles. The van der Waals surface area contributed by atoms with Crippen LogP contribution in [0.25, 0.3) is 5.69 Å². The zero-order valence-corrected chi connectivity index (χ0v) is 17.4. The average Bonchev–Trinajstić information content (AvgIpc) is 3.09. The number of likely N-dealkylation sites (tertiary alicyclic amines) is 1. The molecule has 2 heterocycles. The van der Waals surface area contributed by atoms with Gasteiger partial charge < -0.3 is 10.2 Å². The molecule has 1 aliphatic rings. The quantitative estimate of drug-likeness (QED) is 0.437. The molecule has 0 radical (unpaired) electrons. The van der Waals surface area contributed by atoms with Crippen molar-refractivity contribution in [3.63, 3.8) is 0 Å². The van der Waals surface area contributed by atoms with E-state index in [0.29, 0.717) is 6.54 Å². The fourth-order valence-corrected chi connectivity index (χ4v) is 2.97. The molecule has 2 aromatic rings. The van der Waals surface area contributed by atoms with Crippen molar-refractivity contribution in [2.24, 2.45) is 10.9 Å². The molecule has 25 heavy (non-hydrogen) atoms. The first-order valence-electron chi connectivity index (χ1n) is 8.89. The van der Waals surface area contributed by atoms with Gasteiger partial charge in [-0.1, -0.05) is 25.1 Å². The average molecular weight is 453 g/mol. The van der Waals surface area contributed by atoms with E-state index < -0.39 is 0 Å². The molecule has 1 N–H and O–H groups in total. The normalized spacial score (nSPS) is 15.8. The number of hydrogen-bond acceptors (Lipinski definition) is 2. The summed E-state index contributed by atoms with van der Waals surface area (Å²) < 4.78 is 1.90. The minimum Gasteiger partial charge on any atom is -0.357 e. The molecule has 5 nitrogen and oxygen atoms in total. The van der Waals surface area contributed by atoms with Gasteiger partial charge in [0.15, 0.2) is 5.96 Å². The Labute approximate surface area is 167 Å². The Morgan fingerprint density at radius 2 is 1.92 bits per heavy atom. The highest BCUT2D eigenvalue weighted by molar-refractivity contribution is 14.0. The number of hydrogen-bond donors (Lipinski definition) is 1. The topological polar surface area (TPSA) is 45.5 Å². The van der Waals surface area contributed by atoms with E-state index in [4.69, 9.17) is 4.99 Å². The van der Waals surface area contributed by atoms with Gasteiger partial charge in [0.2, 0.25) is 0 Å². The molecule has 1 aliphatic heterocycles. The number of nitrogens with zero attached hydrogens (tertiary/aromatic N) is 4. The van der Waals surface area contributed by atoms with Crippen LogP contribution in [-0.2, 0) is 6.54 Å². The van der Waals surface area contributed by atoms with Crippen LogP contribution in [0.3, 0.4) is 0 Å². The number of aliphatic imine (C=N–C) groups is 1. The van der Waals surface area contributed by atoms with Gasteiger partial charge in [0.25, 0.3) is 0 Å². The third kappa shape index (κ3) is 5.45. The smallest absolute Gasteiger partial charge is 0.194 e. The number of guanidine groups is 1. The van der Waals surface area contributed by atoms with Crippen LogP contribution in [0.5, 0.6) is 0 Å². The molecule has 0 atom stereocenters. The predicted octanol–water partition coefficient (Wildman–Crippen LogP) is 3.69. The molecular weight excluding hydrogens is 425 g/mol. The summed E-state index contributed by atoms with van der Waals surface area (Å²) in [4.78, 5) is 7.17. The SMILES string of the molecule is CCNC(=NCc1ccn(-c2ccccc2)n1)N1CCC(C)CC1.I. The van der Waals surface area contributed by atoms with E-state index >= 15 is 0 Å². The van der Waals surface area contributed by atoms with Gasteiger partial charge in [0.05, 0.1) is 17.9 Å². The lowest BCUT2D eigenvalue weighted by Gasteiger charge is -2.32. The van der Waals surface area contributed by atoms with Crippen molar-refractivity contribution in [1.29, 1.82) is 0 Å². The Bertz CT molecular complexity index is 659. The third-order valence-electron chi connectivity index (χ3n) is 4.47. The maximum absolute atomic E-state index is 4.80. The minimum absolute atomic E-state index is 0. The predicted molar refractivity (Wildman–Crippen MR) is 114 cm³/mol. The van der Waals surface area contributed by atoms with Gasteiger partial charge in [-0.15, -0.1) is 24.0 Å². The zero-order valence-electron chi connectivity index (χ0n) is 15.1. The Hall–Kier alpha value is -1.57. The third-order valence-corrected chi connectivity index (χ3v) is 4.47. The van der Waals surface area contributed by atoms with E-state index in [0.717, 1.165) is 42.9 Å². The summed E-state index contributed by atoms with van der Waals surface area (Å²) in [6.07, 6.45) is 4.48. The molecule has 0 spiro atoms. The molecule has 1 fully saturated rings. The molecule has 0 unspecified atom stereocenters. The van der Waals surface area contributed by atoms with E-state index in [2.05, 4.69) is 41.3 Å². The summed E-state index contributed by atoms with van der Waals surface area (Å²) in [6.45, 7) is 8.12. The molecule has 136 valence electrons. The van der Waals surface area contributed by atoms with Gasteiger partial charge in [0.1, 0.15) is 0 Å². The monoisotopic (exact) mass is 453 g/mol. The van der Waals surface area contributed by atoms with Crippen molar-refractivity contribution in [2.75, 3.05) is 19.6 Å². The van der Waals surface area contributed by atoms with Crippen molar-refractivity contribution < 1.29 is 0 Å². The Balaban J connectivity index is 0.00000225. The van der Waals surface area contributed by atoms with Crippen LogP contribution in [0.1, 0.15) is 32.4 Å². The van der Waals surface area contributed by atoms with Gasteiger partial charge >= 0.3 is 0 Å². The molecule has 3 rings (SSSR count). The lowest BCUT2D eigenvalue weighted by Crippen LogP contribution is -2.45. The maximum Gasteiger partial charge on any atom is 0.194 e. The van der Waals surface area contributed by atoms with Crippen LogP contribution in [-0.4, -0.2) is 40.3 Å². The van der Waals surface area contributed by atoms with Gasteiger partial charge in [-0.3, -0.25) is 0 Å². The standard InChI is InChI=1S/C19H27N5.HI/c1-3-20-19(23-12-9-16(2)10-13-23)21-15-17-11-14-24(22-17)18-7-5-4-6-8-18;/h4-8,11,14,16H,3,9-10,12-13,15H2,1-2H3,(H,20,21);1H. The van der Waals surface area contributed by atoms with Crippen LogP contribution < -0.4 is 5.32 Å². The van der Waals surface area contributed by atoms with Crippen molar-refractivity contribution in [3.05, 3.63) is 48.3 Å². The first-order chi connectivity index (χ1) is 11.8. The lowest BCUT2D eigenvalue weighted by atomic mass is 10.00. The van der Waals surface area contributed by atoms with Crippen LogP contribution in [0.2, 0.25) is 0 Å². The highest BCUT2D eigenvalue weighted by Crippen LogP contribution is 2.16. The minimum atomic E-state index is 0. The second-order valence-corrected chi connectivity index (χ2v) is 6.43. The largest absolute Gasteiger partial charge is 0.357 e. The van der Waals surface area contributed by atoms with Gasteiger partial charge in [-0.2, -0.15) is 5.10 Å². The highest BCUT2D eigenvalue weighted by atomic mass is 127. The van der Waals surface area contributed by atoms with Crippen LogP contribution >= 0.6 is 24.0 Å². The fraction of sp³-hybridized carbons (Fsp3) is 0.474. The summed E-state index contributed by atoms with van der Waals surface area (Å²) in [5, 5.41) is 8.05. The maximum atomic E-state index is 4.80. The van der Waals surface area contributed by atoms with Crippen LogP contribution in [0.4, 0.5) is 0 Å². The molecule has 1 saturated heterocycles. The molecular formula is C19H28IN5.